The lowest BCUT2D eigenvalue weighted by Crippen LogP contribution is -2.11. The quantitative estimate of drug-likeness (QED) is 0.743. The molecule has 1 aromatic rings. The average Bonchev–Trinajstić information content (AvgIpc) is 2.68. The molecule has 0 N–H and O–H groups in total. The van der Waals surface area contributed by atoms with Crippen LogP contribution in [-0.4, -0.2) is 21.8 Å². The average molecular weight is 206 g/mol. The van der Waals surface area contributed by atoms with Crippen LogP contribution in [0.1, 0.15) is 19.5 Å². The van der Waals surface area contributed by atoms with Crippen molar-refractivity contribution in [3.8, 4) is 0 Å². The fourth-order valence-corrected chi connectivity index (χ4v) is 2.63. The first-order valence-corrected chi connectivity index (χ1v) is 5.88. The van der Waals surface area contributed by atoms with Crippen molar-refractivity contribution in [2.75, 3.05) is 5.75 Å². The van der Waals surface area contributed by atoms with Gasteiger partial charge in [-0.1, -0.05) is 19.9 Å². The first kappa shape index (κ1) is 9.71. The minimum Gasteiger partial charge on any atom is -0.272 e. The Bertz CT molecular complexity index is 332. The molecule has 74 valence electrons. The molecule has 0 aromatic carbocycles. The van der Waals surface area contributed by atoms with Gasteiger partial charge in [-0.3, -0.25) is 9.98 Å². The van der Waals surface area contributed by atoms with E-state index in [2.05, 4.69) is 23.8 Å². The largest absolute Gasteiger partial charge is 0.272 e. The molecule has 14 heavy (non-hydrogen) atoms. The van der Waals surface area contributed by atoms with E-state index >= 15 is 0 Å². The van der Waals surface area contributed by atoms with Crippen LogP contribution in [0, 0.1) is 5.92 Å². The second kappa shape index (κ2) is 4.13. The summed E-state index contributed by atoms with van der Waals surface area (Å²) < 4.78 is 0. The van der Waals surface area contributed by atoms with Gasteiger partial charge in [0.2, 0.25) is 0 Å². The molecule has 0 fully saturated rings. The van der Waals surface area contributed by atoms with E-state index in [1.54, 1.807) is 0 Å². The van der Waals surface area contributed by atoms with E-state index in [-0.39, 0.29) is 0 Å². The summed E-state index contributed by atoms with van der Waals surface area (Å²) in [6.07, 6.45) is 1.82. The summed E-state index contributed by atoms with van der Waals surface area (Å²) in [7, 11) is 0. The molecule has 3 heteroatoms. The molecule has 1 aliphatic heterocycles. The summed E-state index contributed by atoms with van der Waals surface area (Å²) in [5, 5.41) is 1.10. The molecule has 0 radical (unpaired) electrons. The van der Waals surface area contributed by atoms with E-state index in [9.17, 15) is 0 Å². The van der Waals surface area contributed by atoms with E-state index in [0.29, 0.717) is 12.0 Å². The zero-order chi connectivity index (χ0) is 9.97. The first-order chi connectivity index (χ1) is 6.77. The first-order valence-electron chi connectivity index (χ1n) is 4.89. The maximum atomic E-state index is 4.67. The van der Waals surface area contributed by atoms with Gasteiger partial charge < -0.3 is 0 Å². The highest BCUT2D eigenvalue weighted by Gasteiger charge is 2.22. The number of aliphatic imine (C=N–C) groups is 1. The zero-order valence-corrected chi connectivity index (χ0v) is 9.29. The normalized spacial score (nSPS) is 21.4. The van der Waals surface area contributed by atoms with Gasteiger partial charge in [-0.2, -0.15) is 0 Å². The number of pyridine rings is 1. The predicted molar refractivity (Wildman–Crippen MR) is 61.9 cm³/mol. The monoisotopic (exact) mass is 206 g/mol. The fraction of sp³-hybridized carbons (Fsp3) is 0.455. The van der Waals surface area contributed by atoms with Crippen LogP contribution in [0.2, 0.25) is 0 Å². The molecule has 1 aliphatic rings. The van der Waals surface area contributed by atoms with Crippen LogP contribution in [0.15, 0.2) is 29.4 Å². The van der Waals surface area contributed by atoms with Crippen molar-refractivity contribution in [3.05, 3.63) is 30.1 Å². The van der Waals surface area contributed by atoms with Gasteiger partial charge in [0.05, 0.1) is 11.7 Å². The Morgan fingerprint density at radius 3 is 2.86 bits per heavy atom. The van der Waals surface area contributed by atoms with Crippen LogP contribution in [0.25, 0.3) is 0 Å². The number of thioether (sulfide) groups is 1. The van der Waals surface area contributed by atoms with Crippen LogP contribution >= 0.6 is 11.8 Å². The Labute approximate surface area is 88.9 Å². The molecule has 0 bridgehead atoms. The van der Waals surface area contributed by atoms with Gasteiger partial charge in [0.25, 0.3) is 0 Å². The van der Waals surface area contributed by atoms with Gasteiger partial charge in [0.15, 0.2) is 0 Å². The Hall–Kier alpha value is -0.830. The molecule has 0 spiro atoms. The number of hydrogen-bond donors (Lipinski definition) is 0. The van der Waals surface area contributed by atoms with Crippen LogP contribution in [0.4, 0.5) is 0 Å². The summed E-state index contributed by atoms with van der Waals surface area (Å²) in [6.45, 7) is 4.44. The van der Waals surface area contributed by atoms with Gasteiger partial charge in [0, 0.05) is 11.9 Å². The lowest BCUT2D eigenvalue weighted by atomic mass is 10.1. The molecular weight excluding hydrogens is 192 g/mol. The van der Waals surface area contributed by atoms with Crippen molar-refractivity contribution in [1.29, 1.82) is 0 Å². The fourth-order valence-electron chi connectivity index (χ4n) is 1.36. The van der Waals surface area contributed by atoms with Crippen LogP contribution in [0.5, 0.6) is 0 Å². The lowest BCUT2D eigenvalue weighted by molar-refractivity contribution is 0.543. The Balaban J connectivity index is 2.18. The number of aromatic nitrogens is 1. The molecule has 2 heterocycles. The highest BCUT2D eigenvalue weighted by molar-refractivity contribution is 8.14. The predicted octanol–water partition coefficient (Wildman–Crippen LogP) is 2.60. The molecule has 1 atom stereocenters. The summed E-state index contributed by atoms with van der Waals surface area (Å²) in [4.78, 5) is 8.98. The maximum Gasteiger partial charge on any atom is 0.117 e. The van der Waals surface area contributed by atoms with Crippen molar-refractivity contribution in [2.45, 2.75) is 19.9 Å². The van der Waals surface area contributed by atoms with Gasteiger partial charge >= 0.3 is 0 Å². The van der Waals surface area contributed by atoms with E-state index in [0.717, 1.165) is 16.5 Å². The minimum atomic E-state index is 0.469. The molecule has 2 nitrogen and oxygen atoms in total. The van der Waals surface area contributed by atoms with E-state index in [1.807, 2.05) is 36.2 Å². The summed E-state index contributed by atoms with van der Waals surface area (Å²) in [5.74, 6) is 1.73. The minimum absolute atomic E-state index is 0.469. The molecule has 0 saturated carbocycles. The molecule has 0 saturated heterocycles. The molecule has 0 unspecified atom stereocenters. The highest BCUT2D eigenvalue weighted by atomic mass is 32.2. The molecule has 0 amide bonds. The third-order valence-corrected chi connectivity index (χ3v) is 3.42. The van der Waals surface area contributed by atoms with Crippen LogP contribution in [0.3, 0.4) is 0 Å². The van der Waals surface area contributed by atoms with Crippen molar-refractivity contribution < 1.29 is 0 Å². The Morgan fingerprint density at radius 2 is 2.29 bits per heavy atom. The van der Waals surface area contributed by atoms with Gasteiger partial charge in [-0.25, -0.2) is 0 Å². The van der Waals surface area contributed by atoms with Gasteiger partial charge in [0.1, 0.15) is 5.04 Å². The summed E-state index contributed by atoms with van der Waals surface area (Å²) in [6, 6.07) is 6.43. The van der Waals surface area contributed by atoms with Crippen molar-refractivity contribution in [2.24, 2.45) is 10.9 Å². The maximum absolute atomic E-state index is 4.67. The zero-order valence-electron chi connectivity index (χ0n) is 8.47. The lowest BCUT2D eigenvalue weighted by Gasteiger charge is -2.07. The van der Waals surface area contributed by atoms with Crippen molar-refractivity contribution >= 4 is 16.8 Å². The van der Waals surface area contributed by atoms with Gasteiger partial charge in [-0.15, -0.1) is 11.8 Å². The van der Waals surface area contributed by atoms with Crippen molar-refractivity contribution in [1.82, 2.24) is 4.98 Å². The third-order valence-electron chi connectivity index (χ3n) is 2.33. The SMILES string of the molecule is CC(C)[C@@H]1CSC(c2ccccn2)=N1. The Kier molecular flexibility index (Phi) is 2.87. The Morgan fingerprint density at radius 1 is 1.43 bits per heavy atom. The molecule has 0 aliphatic carbocycles. The van der Waals surface area contributed by atoms with E-state index in [4.69, 9.17) is 0 Å². The van der Waals surface area contributed by atoms with Crippen LogP contribution in [-0.2, 0) is 0 Å². The van der Waals surface area contributed by atoms with E-state index in [1.165, 1.54) is 0 Å². The number of hydrogen-bond acceptors (Lipinski definition) is 3. The third kappa shape index (κ3) is 1.98. The van der Waals surface area contributed by atoms with E-state index < -0.39 is 0 Å². The second-order valence-corrected chi connectivity index (χ2v) is 4.78. The van der Waals surface area contributed by atoms with Gasteiger partial charge in [-0.05, 0) is 18.1 Å². The smallest absolute Gasteiger partial charge is 0.117 e. The molecular formula is C11H14N2S. The summed E-state index contributed by atoms with van der Waals surface area (Å²) in [5.41, 5.74) is 1.01. The topological polar surface area (TPSA) is 25.2 Å². The van der Waals surface area contributed by atoms with Crippen LogP contribution < -0.4 is 0 Å². The number of rotatable bonds is 2. The second-order valence-electron chi connectivity index (χ2n) is 3.77. The van der Waals surface area contributed by atoms with Crippen molar-refractivity contribution in [3.63, 3.8) is 0 Å². The molecule has 2 rings (SSSR count). The summed E-state index contributed by atoms with van der Waals surface area (Å²) >= 11 is 1.82. The highest BCUT2D eigenvalue weighted by Crippen LogP contribution is 2.25. The molecule has 1 aromatic heterocycles. The number of nitrogens with zero attached hydrogens (tertiary/aromatic N) is 2. The standard InChI is InChI=1S/C11H14N2S/c1-8(2)10-7-14-11(13-10)9-5-3-4-6-12-9/h3-6,8,10H,7H2,1-2H3/t10-/m0/s1.